The second-order valence-corrected chi connectivity index (χ2v) is 10.5. The monoisotopic (exact) mass is 552 g/mol. The van der Waals surface area contributed by atoms with Gasteiger partial charge in [-0.1, -0.05) is 11.6 Å². The van der Waals surface area contributed by atoms with Gasteiger partial charge in [0, 0.05) is 24.7 Å². The van der Waals surface area contributed by atoms with E-state index in [1.165, 1.54) is 10.8 Å². The molecule has 8 nitrogen and oxygen atoms in total. The van der Waals surface area contributed by atoms with Crippen LogP contribution in [0.15, 0.2) is 29.2 Å². The summed E-state index contributed by atoms with van der Waals surface area (Å²) in [7, 11) is 1.55. The molecule has 6 rings (SSSR count). The topological polar surface area (TPSA) is 84.3 Å². The summed E-state index contributed by atoms with van der Waals surface area (Å²) in [6, 6.07) is 3.93. The van der Waals surface area contributed by atoms with Gasteiger partial charge >= 0.3 is 5.92 Å². The molecule has 2 fully saturated rings. The number of alkyl halides is 4. The first-order valence-electron chi connectivity index (χ1n) is 12.4. The first kappa shape index (κ1) is 25.0. The third kappa shape index (κ3) is 4.38. The number of fused-ring (bicyclic) bond motifs is 3. The lowest BCUT2D eigenvalue weighted by Crippen LogP contribution is -2.44. The van der Waals surface area contributed by atoms with Gasteiger partial charge in [-0.25, -0.2) is 22.5 Å². The van der Waals surface area contributed by atoms with E-state index in [0.717, 1.165) is 0 Å². The molecule has 0 radical (unpaired) electrons. The molecule has 2 aliphatic heterocycles. The van der Waals surface area contributed by atoms with Crippen molar-refractivity contribution in [2.45, 2.75) is 43.6 Å². The summed E-state index contributed by atoms with van der Waals surface area (Å²) in [5.74, 6) is -3.07. The van der Waals surface area contributed by atoms with Crippen molar-refractivity contribution in [2.24, 2.45) is 13.0 Å². The van der Waals surface area contributed by atoms with E-state index in [-0.39, 0.29) is 53.7 Å². The van der Waals surface area contributed by atoms with Crippen molar-refractivity contribution in [3.05, 3.63) is 39.8 Å². The minimum Gasteiger partial charge on any atom is -0.480 e. The SMILES string of the molecule is Cn1c(=O)c2c(c3cc(Nc4nc(N5CC[C@H](F)[C@@H](F)C5)ncc4Cl)ccc31)NC(C1CC1)C(F)(F)CO2. The van der Waals surface area contributed by atoms with E-state index >= 15 is 0 Å². The van der Waals surface area contributed by atoms with Gasteiger partial charge in [0.2, 0.25) is 11.7 Å². The summed E-state index contributed by atoms with van der Waals surface area (Å²) in [6.07, 6.45) is -0.395. The Morgan fingerprint density at radius 2 is 2.00 bits per heavy atom. The number of aryl methyl sites for hydroxylation is 1. The third-order valence-electron chi connectivity index (χ3n) is 7.35. The van der Waals surface area contributed by atoms with Gasteiger partial charge in [-0.2, -0.15) is 4.98 Å². The molecule has 2 N–H and O–H groups in total. The van der Waals surface area contributed by atoms with Crippen LogP contribution in [0.3, 0.4) is 0 Å². The maximum Gasteiger partial charge on any atom is 0.301 e. The van der Waals surface area contributed by atoms with Crippen LogP contribution in [-0.2, 0) is 7.05 Å². The molecule has 1 aliphatic carbocycles. The average molecular weight is 553 g/mol. The Balaban J connectivity index is 1.37. The standard InChI is InChI=1S/C25H25ClF4N6O2/c1-35-18-5-4-13(32-22-15(26)9-31-24(34-22)36-7-6-16(27)17(28)10-36)8-14(18)19-20(23(35)37)38-11-25(29,30)21(33-19)12-2-3-12/h4-5,8-9,12,16-17,21,33H,2-3,6-7,10-11H2,1H3,(H,31,32,34)/t16-,17-,21?/m0/s1. The molecule has 1 unspecified atom stereocenters. The number of ether oxygens (including phenoxy) is 1. The molecule has 38 heavy (non-hydrogen) atoms. The van der Waals surface area contributed by atoms with Crippen LogP contribution < -0.4 is 25.8 Å². The number of hydrogen-bond acceptors (Lipinski definition) is 7. The van der Waals surface area contributed by atoms with E-state index in [4.69, 9.17) is 16.3 Å². The largest absolute Gasteiger partial charge is 0.480 e. The maximum absolute atomic E-state index is 14.9. The van der Waals surface area contributed by atoms with E-state index in [1.54, 1.807) is 30.1 Å². The minimum absolute atomic E-state index is 0.0282. The van der Waals surface area contributed by atoms with Gasteiger partial charge in [0.1, 0.15) is 17.4 Å². The highest BCUT2D eigenvalue weighted by molar-refractivity contribution is 6.32. The van der Waals surface area contributed by atoms with E-state index in [0.29, 0.717) is 29.4 Å². The molecule has 3 atom stereocenters. The van der Waals surface area contributed by atoms with E-state index in [1.807, 2.05) is 0 Å². The number of aromatic nitrogens is 3. The van der Waals surface area contributed by atoms with Gasteiger partial charge in [0.15, 0.2) is 12.4 Å². The maximum atomic E-state index is 14.9. The molecule has 0 bridgehead atoms. The van der Waals surface area contributed by atoms with Crippen molar-refractivity contribution < 1.29 is 22.3 Å². The van der Waals surface area contributed by atoms with E-state index in [2.05, 4.69) is 20.6 Å². The molecule has 4 heterocycles. The van der Waals surface area contributed by atoms with Crippen molar-refractivity contribution >= 4 is 45.6 Å². The third-order valence-corrected chi connectivity index (χ3v) is 7.63. The fraction of sp³-hybridized carbons (Fsp3) is 0.480. The average Bonchev–Trinajstić information content (AvgIpc) is 3.73. The number of halogens is 5. The predicted octanol–water partition coefficient (Wildman–Crippen LogP) is 4.83. The number of hydrogen-bond donors (Lipinski definition) is 2. The van der Waals surface area contributed by atoms with Crippen LogP contribution in [0.1, 0.15) is 19.3 Å². The lowest BCUT2D eigenvalue weighted by atomic mass is 10.0. The van der Waals surface area contributed by atoms with Crippen LogP contribution >= 0.6 is 11.6 Å². The van der Waals surface area contributed by atoms with Crippen molar-refractivity contribution in [1.82, 2.24) is 14.5 Å². The summed E-state index contributed by atoms with van der Waals surface area (Å²) in [5, 5.41) is 6.75. The number of rotatable bonds is 4. The Labute approximate surface area is 220 Å². The number of piperidine rings is 1. The highest BCUT2D eigenvalue weighted by atomic mass is 35.5. The molecule has 0 spiro atoms. The zero-order chi connectivity index (χ0) is 26.8. The minimum atomic E-state index is -3.15. The van der Waals surface area contributed by atoms with E-state index in [9.17, 15) is 22.4 Å². The lowest BCUT2D eigenvalue weighted by molar-refractivity contribution is -0.0579. The van der Waals surface area contributed by atoms with Crippen LogP contribution in [0.5, 0.6) is 5.75 Å². The second kappa shape index (κ2) is 9.18. The number of nitrogens with zero attached hydrogens (tertiary/aromatic N) is 4. The number of benzene rings is 1. The fourth-order valence-electron chi connectivity index (χ4n) is 5.08. The van der Waals surface area contributed by atoms with Crippen LogP contribution in [0.25, 0.3) is 10.9 Å². The molecule has 0 amide bonds. The number of anilines is 4. The molecular formula is C25H25ClF4N6O2. The Bertz CT molecular complexity index is 1470. The molecule has 3 aromatic rings. The van der Waals surface area contributed by atoms with Crippen molar-refractivity contribution in [2.75, 3.05) is 35.2 Å². The summed E-state index contributed by atoms with van der Waals surface area (Å²) < 4.78 is 64.0. The highest BCUT2D eigenvalue weighted by Crippen LogP contribution is 2.45. The fourth-order valence-corrected chi connectivity index (χ4v) is 5.22. The predicted molar refractivity (Wildman–Crippen MR) is 137 cm³/mol. The van der Waals surface area contributed by atoms with Gasteiger partial charge in [-0.15, -0.1) is 0 Å². The summed E-state index contributed by atoms with van der Waals surface area (Å²) in [5.41, 5.74) is 0.738. The lowest BCUT2D eigenvalue weighted by Gasteiger charge is -2.31. The Morgan fingerprint density at radius 3 is 2.74 bits per heavy atom. The highest BCUT2D eigenvalue weighted by Gasteiger charge is 2.51. The summed E-state index contributed by atoms with van der Waals surface area (Å²) in [4.78, 5) is 23.1. The van der Waals surface area contributed by atoms with Crippen LogP contribution in [0.4, 0.5) is 40.7 Å². The quantitative estimate of drug-likeness (QED) is 0.449. The van der Waals surface area contributed by atoms with Gasteiger partial charge in [0.05, 0.1) is 30.0 Å². The van der Waals surface area contributed by atoms with Crippen LogP contribution in [0.2, 0.25) is 5.02 Å². The Kier molecular flexibility index (Phi) is 6.04. The molecule has 13 heteroatoms. The van der Waals surface area contributed by atoms with Gasteiger partial charge < -0.3 is 24.8 Å². The normalized spacial score (nSPS) is 24.8. The smallest absolute Gasteiger partial charge is 0.301 e. The van der Waals surface area contributed by atoms with Crippen molar-refractivity contribution in [3.63, 3.8) is 0 Å². The van der Waals surface area contributed by atoms with Crippen molar-refractivity contribution in [1.29, 1.82) is 0 Å². The van der Waals surface area contributed by atoms with Crippen LogP contribution in [-0.4, -0.2) is 58.5 Å². The van der Waals surface area contributed by atoms with Gasteiger partial charge in [-0.05, 0) is 43.4 Å². The van der Waals surface area contributed by atoms with Crippen LogP contribution in [0, 0.1) is 5.92 Å². The molecular weight excluding hydrogens is 528 g/mol. The summed E-state index contributed by atoms with van der Waals surface area (Å²) >= 11 is 6.33. The summed E-state index contributed by atoms with van der Waals surface area (Å²) in [6.45, 7) is -0.792. The van der Waals surface area contributed by atoms with Gasteiger partial charge in [-0.3, -0.25) is 4.79 Å². The number of pyridine rings is 1. The molecule has 1 saturated carbocycles. The molecule has 3 aliphatic rings. The number of nitrogens with one attached hydrogen (secondary N) is 2. The second-order valence-electron chi connectivity index (χ2n) is 10.1. The Morgan fingerprint density at radius 1 is 1.21 bits per heavy atom. The first-order valence-corrected chi connectivity index (χ1v) is 12.8. The van der Waals surface area contributed by atoms with Crippen molar-refractivity contribution in [3.8, 4) is 5.75 Å². The van der Waals surface area contributed by atoms with E-state index < -0.39 is 36.5 Å². The Hall–Kier alpha value is -3.28. The molecule has 2 aromatic heterocycles. The zero-order valence-electron chi connectivity index (χ0n) is 20.4. The molecule has 1 saturated heterocycles. The molecule has 1 aromatic carbocycles. The first-order chi connectivity index (χ1) is 18.1. The van der Waals surface area contributed by atoms with Gasteiger partial charge in [0.25, 0.3) is 5.56 Å². The molecule has 202 valence electrons. The zero-order valence-corrected chi connectivity index (χ0v) is 21.1.